The highest BCUT2D eigenvalue weighted by molar-refractivity contribution is 5.57. The molecular formula is C22H30N6O. The number of nitrogens with zero attached hydrogens (tertiary/aromatic N) is 6. The summed E-state index contributed by atoms with van der Waals surface area (Å²) in [7, 11) is 2.19. The van der Waals surface area contributed by atoms with Gasteiger partial charge in [-0.2, -0.15) is 9.97 Å². The molecule has 4 heterocycles. The summed E-state index contributed by atoms with van der Waals surface area (Å²) < 4.78 is 5.54. The van der Waals surface area contributed by atoms with Gasteiger partial charge < -0.3 is 24.3 Å². The van der Waals surface area contributed by atoms with E-state index in [-0.39, 0.29) is 0 Å². The van der Waals surface area contributed by atoms with Crippen molar-refractivity contribution >= 4 is 17.6 Å². The van der Waals surface area contributed by atoms with Crippen LogP contribution in [-0.4, -0.2) is 80.9 Å². The van der Waals surface area contributed by atoms with Gasteiger partial charge in [0, 0.05) is 58.4 Å². The third-order valence-corrected chi connectivity index (χ3v) is 6.26. The maximum Gasteiger partial charge on any atom is 0.229 e. The first kappa shape index (κ1) is 18.6. The number of morpholine rings is 1. The third-order valence-electron chi connectivity index (χ3n) is 6.26. The Hall–Kier alpha value is -2.38. The van der Waals surface area contributed by atoms with Crippen LogP contribution in [0.2, 0.25) is 0 Å². The third kappa shape index (κ3) is 4.02. The van der Waals surface area contributed by atoms with Gasteiger partial charge in [-0.25, -0.2) is 0 Å². The Labute approximate surface area is 172 Å². The van der Waals surface area contributed by atoms with Crippen LogP contribution in [0.3, 0.4) is 0 Å². The maximum absolute atomic E-state index is 5.54. The number of fused-ring (bicyclic) bond motifs is 1. The van der Waals surface area contributed by atoms with Crippen LogP contribution >= 0.6 is 0 Å². The first-order valence-electron chi connectivity index (χ1n) is 10.7. The summed E-state index contributed by atoms with van der Waals surface area (Å²) in [4.78, 5) is 19.5. The van der Waals surface area contributed by atoms with Crippen molar-refractivity contribution in [2.75, 3.05) is 80.8 Å². The molecular weight excluding hydrogens is 364 g/mol. The molecule has 0 atom stereocenters. The van der Waals surface area contributed by atoms with Crippen molar-refractivity contribution in [2.24, 2.45) is 0 Å². The molecule has 5 rings (SSSR count). The van der Waals surface area contributed by atoms with Crippen molar-refractivity contribution in [3.05, 3.63) is 41.5 Å². The van der Waals surface area contributed by atoms with Crippen LogP contribution < -0.4 is 14.7 Å². The number of hydrogen-bond acceptors (Lipinski definition) is 7. The number of aromatic nitrogens is 2. The monoisotopic (exact) mass is 394 g/mol. The second-order valence-corrected chi connectivity index (χ2v) is 8.21. The molecule has 1 aromatic heterocycles. The molecule has 0 bridgehead atoms. The second-order valence-electron chi connectivity index (χ2n) is 8.21. The smallest absolute Gasteiger partial charge is 0.229 e. The molecule has 0 unspecified atom stereocenters. The van der Waals surface area contributed by atoms with Crippen LogP contribution in [0.1, 0.15) is 11.1 Å². The lowest BCUT2D eigenvalue weighted by Gasteiger charge is -2.36. The summed E-state index contributed by atoms with van der Waals surface area (Å²) in [6.07, 6.45) is 1.07. The normalized spacial score (nSPS) is 20.7. The summed E-state index contributed by atoms with van der Waals surface area (Å²) in [5.41, 5.74) is 2.87. The standard InChI is InChI=1S/C22H30N6O/c1-25-8-10-26(11-9-25)20-16-21(24-22(23-20)27-12-14-29-15-13-27)28-7-6-18-4-2-3-5-19(18)17-28/h2-5,16H,6-15,17H2,1H3. The molecule has 154 valence electrons. The summed E-state index contributed by atoms with van der Waals surface area (Å²) >= 11 is 0. The van der Waals surface area contributed by atoms with Crippen LogP contribution in [0.4, 0.5) is 17.6 Å². The van der Waals surface area contributed by atoms with Gasteiger partial charge in [-0.1, -0.05) is 24.3 Å². The zero-order valence-electron chi connectivity index (χ0n) is 17.3. The molecule has 2 fully saturated rings. The summed E-state index contributed by atoms with van der Waals surface area (Å²) in [6, 6.07) is 11.0. The van der Waals surface area contributed by atoms with Gasteiger partial charge in [0.2, 0.25) is 5.95 Å². The Morgan fingerprint density at radius 1 is 0.759 bits per heavy atom. The fourth-order valence-corrected chi connectivity index (χ4v) is 4.37. The summed E-state index contributed by atoms with van der Waals surface area (Å²) in [6.45, 7) is 9.28. The van der Waals surface area contributed by atoms with Crippen LogP contribution in [0.5, 0.6) is 0 Å². The first-order valence-corrected chi connectivity index (χ1v) is 10.7. The van der Waals surface area contributed by atoms with E-state index in [1.807, 2.05) is 0 Å². The highest BCUT2D eigenvalue weighted by atomic mass is 16.5. The first-order chi connectivity index (χ1) is 14.3. The van der Waals surface area contributed by atoms with Crippen molar-refractivity contribution in [3.8, 4) is 0 Å². The number of piperazine rings is 1. The second kappa shape index (κ2) is 8.16. The van der Waals surface area contributed by atoms with E-state index in [0.29, 0.717) is 0 Å². The lowest BCUT2D eigenvalue weighted by molar-refractivity contribution is 0.122. The Balaban J connectivity index is 1.46. The molecule has 3 aliphatic rings. The van der Waals surface area contributed by atoms with Gasteiger partial charge >= 0.3 is 0 Å². The molecule has 0 radical (unpaired) electrons. The predicted molar refractivity (Wildman–Crippen MR) is 116 cm³/mol. The topological polar surface area (TPSA) is 48.0 Å². The van der Waals surface area contributed by atoms with Gasteiger partial charge in [0.1, 0.15) is 11.6 Å². The number of anilines is 3. The van der Waals surface area contributed by atoms with E-state index in [4.69, 9.17) is 14.7 Å². The number of rotatable bonds is 3. The van der Waals surface area contributed by atoms with Crippen molar-refractivity contribution < 1.29 is 4.74 Å². The summed E-state index contributed by atoms with van der Waals surface area (Å²) in [5.74, 6) is 2.95. The van der Waals surface area contributed by atoms with Crippen LogP contribution in [-0.2, 0) is 17.7 Å². The lowest BCUT2D eigenvalue weighted by Crippen LogP contribution is -2.45. The Bertz CT molecular complexity index is 845. The average Bonchev–Trinajstić information content (AvgIpc) is 2.79. The van der Waals surface area contributed by atoms with Gasteiger partial charge in [-0.15, -0.1) is 0 Å². The summed E-state index contributed by atoms with van der Waals surface area (Å²) in [5, 5.41) is 0. The highest BCUT2D eigenvalue weighted by Gasteiger charge is 2.24. The molecule has 0 aliphatic carbocycles. The van der Waals surface area contributed by atoms with Crippen molar-refractivity contribution in [3.63, 3.8) is 0 Å². The molecule has 2 saturated heterocycles. The molecule has 1 aromatic carbocycles. The zero-order valence-corrected chi connectivity index (χ0v) is 17.3. The van der Waals surface area contributed by atoms with Crippen molar-refractivity contribution in [1.29, 1.82) is 0 Å². The van der Waals surface area contributed by atoms with E-state index in [1.54, 1.807) is 0 Å². The molecule has 0 saturated carbocycles. The van der Waals surface area contributed by atoms with Gasteiger partial charge in [-0.3, -0.25) is 0 Å². The van der Waals surface area contributed by atoms with Crippen LogP contribution in [0, 0.1) is 0 Å². The molecule has 7 heteroatoms. The van der Waals surface area contributed by atoms with E-state index < -0.39 is 0 Å². The zero-order chi connectivity index (χ0) is 19.6. The number of ether oxygens (including phenoxy) is 1. The SMILES string of the molecule is CN1CCN(c2cc(N3CCc4ccccc4C3)nc(N3CCOCC3)n2)CC1. The van der Waals surface area contributed by atoms with E-state index in [1.165, 1.54) is 11.1 Å². The average molecular weight is 395 g/mol. The molecule has 29 heavy (non-hydrogen) atoms. The Morgan fingerprint density at radius 2 is 1.45 bits per heavy atom. The lowest BCUT2D eigenvalue weighted by atomic mass is 10.00. The molecule has 0 N–H and O–H groups in total. The molecule has 0 spiro atoms. The van der Waals surface area contributed by atoms with E-state index >= 15 is 0 Å². The van der Waals surface area contributed by atoms with Gasteiger partial charge in [0.15, 0.2) is 0 Å². The predicted octanol–water partition coefficient (Wildman–Crippen LogP) is 1.63. The van der Waals surface area contributed by atoms with Gasteiger partial charge in [-0.05, 0) is 24.6 Å². The van der Waals surface area contributed by atoms with Crippen LogP contribution in [0.15, 0.2) is 30.3 Å². The highest BCUT2D eigenvalue weighted by Crippen LogP contribution is 2.28. The minimum absolute atomic E-state index is 0.745. The largest absolute Gasteiger partial charge is 0.378 e. The molecule has 0 amide bonds. The minimum Gasteiger partial charge on any atom is -0.378 e. The van der Waals surface area contributed by atoms with Crippen LogP contribution in [0.25, 0.3) is 0 Å². The van der Waals surface area contributed by atoms with Crippen molar-refractivity contribution in [1.82, 2.24) is 14.9 Å². The Morgan fingerprint density at radius 3 is 2.21 bits per heavy atom. The fourth-order valence-electron chi connectivity index (χ4n) is 4.37. The van der Waals surface area contributed by atoms with Gasteiger partial charge in [0.05, 0.1) is 13.2 Å². The Kier molecular flexibility index (Phi) is 5.24. The van der Waals surface area contributed by atoms with Gasteiger partial charge in [0.25, 0.3) is 0 Å². The van der Waals surface area contributed by atoms with E-state index in [9.17, 15) is 0 Å². The maximum atomic E-state index is 5.54. The molecule has 3 aliphatic heterocycles. The number of hydrogen-bond donors (Lipinski definition) is 0. The molecule has 7 nitrogen and oxygen atoms in total. The van der Waals surface area contributed by atoms with E-state index in [2.05, 4.69) is 57.0 Å². The molecule has 2 aromatic rings. The van der Waals surface area contributed by atoms with E-state index in [0.717, 1.165) is 89.6 Å². The number of benzene rings is 1. The quantitative estimate of drug-likeness (QED) is 0.784. The fraction of sp³-hybridized carbons (Fsp3) is 0.545. The minimum atomic E-state index is 0.745. The van der Waals surface area contributed by atoms with Crippen molar-refractivity contribution in [2.45, 2.75) is 13.0 Å². The number of likely N-dealkylation sites (N-methyl/N-ethyl adjacent to an activating group) is 1.